The van der Waals surface area contributed by atoms with Crippen molar-refractivity contribution in [3.63, 3.8) is 0 Å². The highest BCUT2D eigenvalue weighted by Gasteiger charge is 2.20. The van der Waals surface area contributed by atoms with Crippen LogP contribution < -0.4 is 10.2 Å². The summed E-state index contributed by atoms with van der Waals surface area (Å²) in [4.78, 5) is 25.0. The molecule has 146 valence electrons. The number of carbonyl (C=O) groups is 1. The van der Waals surface area contributed by atoms with Gasteiger partial charge in [0.1, 0.15) is 5.82 Å². The second kappa shape index (κ2) is 12.7. The molecule has 2 rings (SSSR count). The van der Waals surface area contributed by atoms with E-state index in [0.29, 0.717) is 26.0 Å². The number of halogens is 1. The summed E-state index contributed by atoms with van der Waals surface area (Å²) in [6, 6.07) is 6.00. The van der Waals surface area contributed by atoms with E-state index in [0.717, 1.165) is 44.5 Å². The summed E-state index contributed by atoms with van der Waals surface area (Å²) in [5, 5.41) is 3.35. The number of pyridine rings is 1. The number of nitrogens with one attached hydrogen (secondary N) is 1. The number of piperazine rings is 1. The Kier molecular flexibility index (Phi) is 11.0. The number of hydrogen-bond acceptors (Lipinski definition) is 5. The van der Waals surface area contributed by atoms with Crippen LogP contribution in [0.5, 0.6) is 0 Å². The first-order valence-corrected chi connectivity index (χ1v) is 9.09. The molecule has 0 spiro atoms. The number of hydrogen-bond donors (Lipinski definition) is 1. The van der Waals surface area contributed by atoms with Crippen molar-refractivity contribution in [2.75, 3.05) is 50.8 Å². The van der Waals surface area contributed by atoms with Gasteiger partial charge >= 0.3 is 5.97 Å². The predicted octanol–water partition coefficient (Wildman–Crippen LogP) is 2.13. The number of esters is 1. The average Bonchev–Trinajstić information content (AvgIpc) is 2.65. The third-order valence-electron chi connectivity index (χ3n) is 3.99. The summed E-state index contributed by atoms with van der Waals surface area (Å²) in [6.45, 7) is 9.43. The number of aliphatic imine (C=N–C) groups is 1. The van der Waals surface area contributed by atoms with E-state index >= 15 is 0 Å². The Morgan fingerprint density at radius 3 is 2.65 bits per heavy atom. The van der Waals surface area contributed by atoms with Crippen molar-refractivity contribution in [2.45, 2.75) is 26.7 Å². The summed E-state index contributed by atoms with van der Waals surface area (Å²) >= 11 is 0. The zero-order valence-corrected chi connectivity index (χ0v) is 18.0. The smallest absolute Gasteiger partial charge is 0.305 e. The van der Waals surface area contributed by atoms with Gasteiger partial charge in [-0.1, -0.05) is 6.07 Å². The Morgan fingerprint density at radius 2 is 2.04 bits per heavy atom. The second-order valence-corrected chi connectivity index (χ2v) is 5.81. The highest BCUT2D eigenvalue weighted by Crippen LogP contribution is 2.12. The Bertz CT molecular complexity index is 548. The fourth-order valence-electron chi connectivity index (χ4n) is 2.76. The number of rotatable bonds is 7. The Labute approximate surface area is 173 Å². The van der Waals surface area contributed by atoms with Crippen LogP contribution in [-0.2, 0) is 9.53 Å². The van der Waals surface area contributed by atoms with Gasteiger partial charge < -0.3 is 19.9 Å². The van der Waals surface area contributed by atoms with E-state index in [1.807, 2.05) is 31.3 Å². The molecule has 0 amide bonds. The van der Waals surface area contributed by atoms with Crippen LogP contribution in [0.25, 0.3) is 0 Å². The van der Waals surface area contributed by atoms with Gasteiger partial charge in [-0.2, -0.15) is 0 Å². The monoisotopic (exact) mass is 475 g/mol. The molecule has 0 aliphatic carbocycles. The summed E-state index contributed by atoms with van der Waals surface area (Å²) in [5.41, 5.74) is 0. The predicted molar refractivity (Wildman–Crippen MR) is 115 cm³/mol. The molecule has 0 atom stereocenters. The third kappa shape index (κ3) is 7.35. The van der Waals surface area contributed by atoms with E-state index in [1.54, 1.807) is 0 Å². The maximum Gasteiger partial charge on any atom is 0.305 e. The second-order valence-electron chi connectivity index (χ2n) is 5.81. The van der Waals surface area contributed by atoms with Gasteiger partial charge in [-0.15, -0.1) is 24.0 Å². The first-order chi connectivity index (χ1) is 12.2. The molecule has 0 radical (unpaired) electrons. The summed E-state index contributed by atoms with van der Waals surface area (Å²) < 4.78 is 4.94. The maximum atomic E-state index is 11.4. The number of aromatic nitrogens is 1. The van der Waals surface area contributed by atoms with Crippen molar-refractivity contribution in [3.8, 4) is 0 Å². The summed E-state index contributed by atoms with van der Waals surface area (Å²) in [6.07, 6.45) is 2.96. The van der Waals surface area contributed by atoms with Gasteiger partial charge in [0.25, 0.3) is 0 Å². The molecule has 0 unspecified atom stereocenters. The van der Waals surface area contributed by atoms with Crippen molar-refractivity contribution >= 4 is 41.7 Å². The molecule has 0 bridgehead atoms. The van der Waals surface area contributed by atoms with Crippen molar-refractivity contribution in [3.05, 3.63) is 24.4 Å². The van der Waals surface area contributed by atoms with Crippen molar-refractivity contribution in [1.29, 1.82) is 0 Å². The van der Waals surface area contributed by atoms with Crippen LogP contribution >= 0.6 is 24.0 Å². The molecular formula is C18H30IN5O2. The van der Waals surface area contributed by atoms with E-state index in [9.17, 15) is 4.79 Å². The van der Waals surface area contributed by atoms with Gasteiger partial charge in [-0.25, -0.2) is 4.98 Å². The lowest BCUT2D eigenvalue weighted by atomic mass is 10.3. The fraction of sp³-hybridized carbons (Fsp3) is 0.611. The average molecular weight is 475 g/mol. The third-order valence-corrected chi connectivity index (χ3v) is 3.99. The molecule has 8 heteroatoms. The first-order valence-electron chi connectivity index (χ1n) is 9.09. The van der Waals surface area contributed by atoms with Gasteiger partial charge in [0.15, 0.2) is 5.96 Å². The number of carbonyl (C=O) groups excluding carboxylic acids is 1. The first kappa shape index (κ1) is 22.5. The van der Waals surface area contributed by atoms with E-state index in [4.69, 9.17) is 4.74 Å². The van der Waals surface area contributed by atoms with E-state index in [2.05, 4.69) is 32.0 Å². The molecule has 26 heavy (non-hydrogen) atoms. The SMILES string of the molecule is CCNC(=NCCCC(=O)OCC)N1CCN(c2ccccn2)CC1.I. The highest BCUT2D eigenvalue weighted by atomic mass is 127. The number of anilines is 1. The quantitative estimate of drug-likeness (QED) is 0.214. The van der Waals surface area contributed by atoms with Gasteiger partial charge in [0.05, 0.1) is 6.61 Å². The topological polar surface area (TPSA) is 70.1 Å². The molecule has 1 aliphatic rings. The number of guanidine groups is 1. The largest absolute Gasteiger partial charge is 0.466 e. The molecule has 1 aliphatic heterocycles. The molecule has 1 N–H and O–H groups in total. The molecule has 0 aromatic carbocycles. The number of ether oxygens (including phenoxy) is 1. The minimum atomic E-state index is -0.147. The molecule has 1 fully saturated rings. The van der Waals surface area contributed by atoms with E-state index in [1.165, 1.54) is 0 Å². The van der Waals surface area contributed by atoms with Crippen molar-refractivity contribution in [2.24, 2.45) is 4.99 Å². The normalized spacial score (nSPS) is 14.6. The minimum absolute atomic E-state index is 0. The van der Waals surface area contributed by atoms with Crippen LogP contribution in [0.15, 0.2) is 29.4 Å². The van der Waals surface area contributed by atoms with Gasteiger partial charge in [-0.05, 0) is 32.4 Å². The van der Waals surface area contributed by atoms with Gasteiger partial charge in [0.2, 0.25) is 0 Å². The number of nitrogens with zero attached hydrogens (tertiary/aromatic N) is 4. The molecule has 7 nitrogen and oxygen atoms in total. The van der Waals surface area contributed by atoms with Gasteiger partial charge in [0, 0.05) is 51.9 Å². The lowest BCUT2D eigenvalue weighted by Gasteiger charge is -2.37. The van der Waals surface area contributed by atoms with Crippen LogP contribution in [-0.4, -0.2) is 67.7 Å². The van der Waals surface area contributed by atoms with E-state index in [-0.39, 0.29) is 29.9 Å². The van der Waals surface area contributed by atoms with Crippen LogP contribution in [0.3, 0.4) is 0 Å². The van der Waals surface area contributed by atoms with Crippen LogP contribution in [0, 0.1) is 0 Å². The Hall–Kier alpha value is -1.58. The standard InChI is InChI=1S/C18H29N5O2.HI/c1-3-19-18(21-11-7-9-17(24)25-4-2)23-14-12-22(13-15-23)16-8-5-6-10-20-16;/h5-6,8,10H,3-4,7,9,11-15H2,1-2H3,(H,19,21);1H. The molecule has 1 aromatic heterocycles. The summed E-state index contributed by atoms with van der Waals surface area (Å²) in [5.74, 6) is 1.80. The minimum Gasteiger partial charge on any atom is -0.466 e. The van der Waals surface area contributed by atoms with Crippen LogP contribution in [0.1, 0.15) is 26.7 Å². The molecule has 2 heterocycles. The zero-order valence-electron chi connectivity index (χ0n) is 15.7. The van der Waals surface area contributed by atoms with E-state index < -0.39 is 0 Å². The summed E-state index contributed by atoms with van der Waals surface area (Å²) in [7, 11) is 0. The van der Waals surface area contributed by atoms with Crippen molar-refractivity contribution < 1.29 is 9.53 Å². The van der Waals surface area contributed by atoms with Crippen LogP contribution in [0.2, 0.25) is 0 Å². The molecule has 1 saturated heterocycles. The fourth-order valence-corrected chi connectivity index (χ4v) is 2.76. The lowest BCUT2D eigenvalue weighted by Crippen LogP contribution is -2.52. The maximum absolute atomic E-state index is 11.4. The Balaban J connectivity index is 0.00000338. The Morgan fingerprint density at radius 1 is 1.27 bits per heavy atom. The molecule has 1 aromatic rings. The molecule has 0 saturated carbocycles. The zero-order chi connectivity index (χ0) is 17.9. The highest BCUT2D eigenvalue weighted by molar-refractivity contribution is 14.0. The van der Waals surface area contributed by atoms with Gasteiger partial charge in [-0.3, -0.25) is 9.79 Å². The van der Waals surface area contributed by atoms with Crippen LogP contribution in [0.4, 0.5) is 5.82 Å². The lowest BCUT2D eigenvalue weighted by molar-refractivity contribution is -0.143. The van der Waals surface area contributed by atoms with Crippen molar-refractivity contribution in [1.82, 2.24) is 15.2 Å². The molecular weight excluding hydrogens is 445 g/mol.